The normalized spacial score (nSPS) is 21.8. The third-order valence-electron chi connectivity index (χ3n) is 13.2. The molecule has 17 heteroatoms. The van der Waals surface area contributed by atoms with Crippen LogP contribution in [0, 0.1) is 11.3 Å². The molecular weight excluding hydrogens is 891 g/mol. The first-order chi connectivity index (χ1) is 31.3. The molecule has 15 nitrogen and oxygen atoms in total. The van der Waals surface area contributed by atoms with Gasteiger partial charge in [0.1, 0.15) is 39.9 Å². The van der Waals surface area contributed by atoms with Crippen LogP contribution in [0.2, 0.25) is 0 Å². The number of sulfonamides is 1. The van der Waals surface area contributed by atoms with E-state index < -0.39 is 73.3 Å². The van der Waals surface area contributed by atoms with E-state index >= 15 is 0 Å². The van der Waals surface area contributed by atoms with Crippen LogP contribution < -0.4 is 20.1 Å². The second kappa shape index (κ2) is 19.7. The summed E-state index contributed by atoms with van der Waals surface area (Å²) < 4.78 is 43.2. The molecule has 368 valence electrons. The van der Waals surface area contributed by atoms with E-state index in [1.807, 2.05) is 70.4 Å². The van der Waals surface area contributed by atoms with Crippen molar-refractivity contribution in [1.82, 2.24) is 34.8 Å². The number of unbranched alkanes of at least 4 members (excludes halogenated alkanes) is 1. The Labute approximate surface area is 401 Å². The third kappa shape index (κ3) is 11.1. The summed E-state index contributed by atoms with van der Waals surface area (Å²) in [7, 11) is -4.07. The number of rotatable bonds is 20. The first kappa shape index (κ1) is 51.6. The standard InChI is InChI=1S/C50H73N7O8S2/c1-14-17-19-24-49(25-26-49)67(62,63)55-44(60)50(28-32(50)16-3)54-41(58)36-27-33(29-56(36)43(59)40(47(8,9)10)53-46(61)65-48(11,12)13)64-45-52-39-34(21-20-22-35(39)57(45)31(6)7)42-51-38(30(4)5)37(66-42)23-18-15-2/h14-15,20-22,30-33,36,40H,1-2,16-19,23-29H2,3-13H3,(H,53,61)(H,54,58)(H,55,60). The number of hydrogen-bond acceptors (Lipinski definition) is 11. The van der Waals surface area contributed by atoms with E-state index in [-0.39, 0.29) is 37.3 Å². The summed E-state index contributed by atoms with van der Waals surface area (Å²) in [4.78, 5) is 70.0. The van der Waals surface area contributed by atoms with Gasteiger partial charge in [0.25, 0.3) is 11.9 Å². The highest BCUT2D eigenvalue weighted by atomic mass is 32.2. The van der Waals surface area contributed by atoms with E-state index in [0.29, 0.717) is 50.1 Å². The van der Waals surface area contributed by atoms with Gasteiger partial charge in [0.15, 0.2) is 0 Å². The number of carbonyl (C=O) groups is 4. The molecule has 2 aliphatic carbocycles. The molecule has 3 aliphatic rings. The van der Waals surface area contributed by atoms with Crippen molar-refractivity contribution in [1.29, 1.82) is 0 Å². The van der Waals surface area contributed by atoms with E-state index in [0.717, 1.165) is 34.6 Å². The van der Waals surface area contributed by atoms with E-state index in [4.69, 9.17) is 19.4 Å². The Morgan fingerprint density at radius 1 is 1.01 bits per heavy atom. The molecule has 3 aromatic rings. The number of fused-ring (bicyclic) bond motifs is 1. The summed E-state index contributed by atoms with van der Waals surface area (Å²) in [5.74, 6) is -2.05. The predicted molar refractivity (Wildman–Crippen MR) is 263 cm³/mol. The van der Waals surface area contributed by atoms with Crippen LogP contribution in [-0.2, 0) is 35.6 Å². The molecule has 3 fully saturated rings. The molecule has 2 aromatic heterocycles. The fourth-order valence-electron chi connectivity index (χ4n) is 9.25. The van der Waals surface area contributed by atoms with Crippen molar-refractivity contribution in [3.05, 3.63) is 54.1 Å². The van der Waals surface area contributed by atoms with Crippen LogP contribution in [0.4, 0.5) is 4.79 Å². The largest absolute Gasteiger partial charge is 0.459 e. The Balaban J connectivity index is 1.34. The molecule has 5 unspecified atom stereocenters. The highest BCUT2D eigenvalue weighted by molar-refractivity contribution is 7.91. The minimum Gasteiger partial charge on any atom is -0.459 e. The van der Waals surface area contributed by atoms with Crippen molar-refractivity contribution in [3.63, 3.8) is 0 Å². The van der Waals surface area contributed by atoms with Crippen LogP contribution in [0.3, 0.4) is 0 Å². The molecular formula is C50H73N7O8S2. The molecule has 1 aliphatic heterocycles. The summed E-state index contributed by atoms with van der Waals surface area (Å²) in [6.07, 6.45) is 7.14. The summed E-state index contributed by atoms with van der Waals surface area (Å²) in [6, 6.07) is 3.89. The molecule has 67 heavy (non-hydrogen) atoms. The van der Waals surface area contributed by atoms with Crippen LogP contribution in [0.5, 0.6) is 6.01 Å². The van der Waals surface area contributed by atoms with Gasteiger partial charge in [0.2, 0.25) is 21.8 Å². The number of ether oxygens (including phenoxy) is 2. The maximum atomic E-state index is 14.9. The van der Waals surface area contributed by atoms with Crippen molar-refractivity contribution < 1.29 is 37.1 Å². The number of hydrogen-bond donors (Lipinski definition) is 3. The average Bonchev–Trinajstić information content (AvgIpc) is 4.00. The van der Waals surface area contributed by atoms with Gasteiger partial charge in [-0.25, -0.2) is 18.2 Å². The number of carbonyl (C=O) groups excluding carboxylic acids is 4. The Morgan fingerprint density at radius 3 is 2.27 bits per heavy atom. The summed E-state index contributed by atoms with van der Waals surface area (Å²) >= 11 is 1.65. The second-order valence-corrected chi connectivity index (χ2v) is 24.5. The Hall–Kier alpha value is -4.77. The van der Waals surface area contributed by atoms with Gasteiger partial charge in [-0.2, -0.15) is 4.98 Å². The summed E-state index contributed by atoms with van der Waals surface area (Å²) in [5, 5.41) is 6.58. The van der Waals surface area contributed by atoms with Crippen LogP contribution in [0.15, 0.2) is 43.5 Å². The van der Waals surface area contributed by atoms with E-state index in [2.05, 4.69) is 42.4 Å². The molecule has 2 saturated carbocycles. The van der Waals surface area contributed by atoms with Crippen molar-refractivity contribution in [2.75, 3.05) is 6.54 Å². The molecule has 0 radical (unpaired) electrons. The van der Waals surface area contributed by atoms with Gasteiger partial charge in [0, 0.05) is 22.9 Å². The van der Waals surface area contributed by atoms with Gasteiger partial charge >= 0.3 is 6.09 Å². The first-order valence-electron chi connectivity index (χ1n) is 23.9. The fourth-order valence-corrected chi connectivity index (χ4v) is 12.2. The van der Waals surface area contributed by atoms with Gasteiger partial charge in [-0.1, -0.05) is 66.2 Å². The highest BCUT2D eigenvalue weighted by Crippen LogP contribution is 2.50. The number of likely N-dealkylation sites (tertiary alicyclic amines) is 1. The molecule has 3 N–H and O–H groups in total. The smallest absolute Gasteiger partial charge is 0.408 e. The minimum atomic E-state index is -4.07. The van der Waals surface area contributed by atoms with Crippen LogP contribution in [0.25, 0.3) is 21.6 Å². The number of amides is 4. The number of benzene rings is 1. The quantitative estimate of drug-likeness (QED) is 0.0728. The molecule has 1 aromatic carbocycles. The summed E-state index contributed by atoms with van der Waals surface area (Å²) in [5.41, 5.74) is 0.279. The highest BCUT2D eigenvalue weighted by Gasteiger charge is 2.64. The van der Waals surface area contributed by atoms with Gasteiger partial charge < -0.3 is 25.0 Å². The zero-order valence-electron chi connectivity index (χ0n) is 41.4. The molecule has 0 bridgehead atoms. The average molecular weight is 964 g/mol. The monoisotopic (exact) mass is 963 g/mol. The van der Waals surface area contributed by atoms with Crippen molar-refractivity contribution in [2.45, 2.75) is 186 Å². The number of imidazole rings is 1. The Bertz CT molecular complexity index is 2480. The number of aromatic nitrogens is 3. The lowest BCUT2D eigenvalue weighted by molar-refractivity contribution is -0.143. The van der Waals surface area contributed by atoms with Crippen LogP contribution >= 0.6 is 11.3 Å². The molecule has 4 amide bonds. The van der Waals surface area contributed by atoms with Crippen molar-refractivity contribution >= 4 is 56.2 Å². The lowest BCUT2D eigenvalue weighted by Crippen LogP contribution is -2.60. The number of nitrogens with zero attached hydrogens (tertiary/aromatic N) is 4. The molecule has 5 atom stereocenters. The second-order valence-electron chi connectivity index (χ2n) is 21.3. The lowest BCUT2D eigenvalue weighted by Gasteiger charge is -2.36. The third-order valence-corrected chi connectivity index (χ3v) is 16.5. The van der Waals surface area contributed by atoms with Crippen molar-refractivity contribution in [3.8, 4) is 16.6 Å². The Morgan fingerprint density at radius 2 is 1.70 bits per heavy atom. The van der Waals surface area contributed by atoms with E-state index in [1.54, 1.807) is 38.2 Å². The zero-order valence-corrected chi connectivity index (χ0v) is 43.0. The fraction of sp³-hybridized carbons (Fsp3) is 0.640. The number of aryl methyl sites for hydroxylation is 1. The van der Waals surface area contributed by atoms with Crippen LogP contribution in [0.1, 0.15) is 156 Å². The van der Waals surface area contributed by atoms with Gasteiger partial charge in [-0.15, -0.1) is 24.5 Å². The molecule has 6 rings (SSSR count). The number of para-hydroxylation sites is 1. The van der Waals surface area contributed by atoms with E-state index in [1.165, 1.54) is 9.78 Å². The first-order valence-corrected chi connectivity index (χ1v) is 26.2. The maximum Gasteiger partial charge on any atom is 0.408 e. The maximum absolute atomic E-state index is 14.9. The summed E-state index contributed by atoms with van der Waals surface area (Å²) in [6.45, 7) is 28.4. The lowest BCUT2D eigenvalue weighted by atomic mass is 9.85. The van der Waals surface area contributed by atoms with Crippen molar-refractivity contribution in [2.24, 2.45) is 11.3 Å². The number of alkyl carbamates (subject to hydrolysis) is 1. The number of allylic oxidation sites excluding steroid dienone is 2. The van der Waals surface area contributed by atoms with Crippen LogP contribution in [-0.4, -0.2) is 92.3 Å². The van der Waals surface area contributed by atoms with E-state index in [9.17, 15) is 27.6 Å². The Kier molecular flexibility index (Phi) is 15.2. The molecule has 0 spiro atoms. The number of nitrogens with one attached hydrogen (secondary N) is 3. The topological polar surface area (TPSA) is 191 Å². The van der Waals surface area contributed by atoms with Gasteiger partial charge in [-0.3, -0.25) is 23.7 Å². The molecule has 1 saturated heterocycles. The predicted octanol–water partition coefficient (Wildman–Crippen LogP) is 8.89. The number of thiazole rings is 1. The zero-order chi connectivity index (χ0) is 49.4. The SMILES string of the molecule is C=CCCCC1(S(=O)(=O)NC(=O)C2(NC(=O)C3CC(Oc4nc5c(-c6nc(C(C)C)c(CCC=C)s6)cccc5n4C(C)C)CN3C(=O)C(NC(=O)OC(C)(C)C)C(C)(C)C)CC2CC)CC1. The molecule has 3 heterocycles. The van der Waals surface area contributed by atoms with Gasteiger partial charge in [0.05, 0.1) is 22.5 Å². The minimum absolute atomic E-state index is 0.0190. The van der Waals surface area contributed by atoms with Gasteiger partial charge in [-0.05, 0) is 115 Å².